The number of aromatic nitrogens is 3. The van der Waals surface area contributed by atoms with Gasteiger partial charge in [0.2, 0.25) is 0 Å². The molecular formula is C27H27AlN6O3. The fraction of sp³-hybridized carbons (Fsp3) is 0.296. The van der Waals surface area contributed by atoms with Gasteiger partial charge in [0, 0.05) is 74.7 Å². The van der Waals surface area contributed by atoms with E-state index in [4.69, 9.17) is 9.47 Å². The van der Waals surface area contributed by atoms with Crippen LogP contribution in [0.2, 0.25) is 0 Å². The summed E-state index contributed by atoms with van der Waals surface area (Å²) in [5.41, 5.74) is 6.55. The summed E-state index contributed by atoms with van der Waals surface area (Å²) in [5.74, 6) is 0.656. The Bertz CT molecular complexity index is 1600. The van der Waals surface area contributed by atoms with Crippen molar-refractivity contribution in [3.63, 3.8) is 0 Å². The quantitative estimate of drug-likeness (QED) is 0.291. The molecule has 0 amide bonds. The topological polar surface area (TPSA) is 88.6 Å². The third-order valence-corrected chi connectivity index (χ3v) is 7.11. The summed E-state index contributed by atoms with van der Waals surface area (Å²) in [6, 6.07) is 12.2. The van der Waals surface area contributed by atoms with Gasteiger partial charge in [-0.2, -0.15) is 5.26 Å². The zero-order valence-corrected chi connectivity index (χ0v) is 22.5. The Hall–Kier alpha value is -3.76. The number of pyridine rings is 1. The minimum Gasteiger partial charge on any atom is -0.491 e. The van der Waals surface area contributed by atoms with E-state index in [-0.39, 0.29) is 5.56 Å². The summed E-state index contributed by atoms with van der Waals surface area (Å²) in [6.07, 6.45) is 3.64. The van der Waals surface area contributed by atoms with E-state index in [0.29, 0.717) is 36.6 Å². The lowest BCUT2D eigenvalue weighted by Crippen LogP contribution is -2.37. The Morgan fingerprint density at radius 3 is 2.59 bits per heavy atom. The number of nitriles is 1. The standard InChI is InChI=1S/C27H27N6O3.Al/c1-17-9-22-23(32(3)27(17)34)11-20(36-8-7-35-4)12-24(22)33-6-5-31(2)25-13-21(19-15-29-30-16-19)18(14-28)10-26(25)33;/h9-13,15-16H,5-8H2,1-4H3;/q-1;+1. The molecule has 0 fully saturated rings. The van der Waals surface area contributed by atoms with Gasteiger partial charge in [-0.3, -0.25) is 4.79 Å². The molecule has 0 saturated carbocycles. The summed E-state index contributed by atoms with van der Waals surface area (Å²) in [7, 11) is 5.47. The van der Waals surface area contributed by atoms with Crippen molar-refractivity contribution in [2.75, 3.05) is 50.3 Å². The van der Waals surface area contributed by atoms with Crippen molar-refractivity contribution < 1.29 is 9.47 Å². The summed E-state index contributed by atoms with van der Waals surface area (Å²) in [5, 5.41) is 15.3. The summed E-state index contributed by atoms with van der Waals surface area (Å²) in [4.78, 5) is 17.2. The fourth-order valence-corrected chi connectivity index (χ4v) is 5.10. The van der Waals surface area contributed by atoms with Crippen molar-refractivity contribution in [3.8, 4) is 22.9 Å². The van der Waals surface area contributed by atoms with Crippen LogP contribution in [-0.2, 0) is 11.8 Å². The van der Waals surface area contributed by atoms with Crippen LogP contribution < -0.4 is 20.1 Å². The number of likely N-dealkylation sites (N-methyl/N-ethyl adjacent to an activating group) is 1. The predicted molar refractivity (Wildman–Crippen MR) is 145 cm³/mol. The molecule has 0 atom stereocenters. The van der Waals surface area contributed by atoms with E-state index in [0.717, 1.165) is 45.6 Å². The number of anilines is 3. The zero-order valence-electron chi connectivity index (χ0n) is 21.4. The van der Waals surface area contributed by atoms with Crippen molar-refractivity contribution in [2.24, 2.45) is 7.05 Å². The van der Waals surface area contributed by atoms with Gasteiger partial charge in [-0.05, 0) is 25.1 Å². The van der Waals surface area contributed by atoms with Gasteiger partial charge in [0.25, 0.3) is 5.56 Å². The highest BCUT2D eigenvalue weighted by Crippen LogP contribution is 2.44. The Kier molecular flexibility index (Phi) is 6.70. The van der Waals surface area contributed by atoms with Gasteiger partial charge < -0.3 is 27.5 Å². The lowest BCUT2D eigenvalue weighted by molar-refractivity contribution is 0.146. The Balaban J connectivity index is 1.73. The minimum absolute atomic E-state index is 0.0442. The third-order valence-electron chi connectivity index (χ3n) is 6.83. The molecule has 186 valence electrons. The summed E-state index contributed by atoms with van der Waals surface area (Å²) in [6.45, 7) is 4.17. The van der Waals surface area contributed by atoms with Crippen molar-refractivity contribution in [3.05, 3.63) is 64.2 Å². The van der Waals surface area contributed by atoms with Crippen LogP contribution in [0.5, 0.6) is 5.75 Å². The Morgan fingerprint density at radius 2 is 1.89 bits per heavy atom. The van der Waals surface area contributed by atoms with Gasteiger partial charge in [0.05, 0.1) is 47.0 Å². The van der Waals surface area contributed by atoms with Gasteiger partial charge in [0.1, 0.15) is 12.4 Å². The highest BCUT2D eigenvalue weighted by molar-refractivity contribution is 6.06. The number of hydrogen-bond acceptors (Lipinski definition) is 7. The summed E-state index contributed by atoms with van der Waals surface area (Å²) >= 11 is 2.52. The number of aryl methyl sites for hydroxylation is 2. The minimum atomic E-state index is -0.0442. The molecule has 2 aromatic heterocycles. The molecule has 1 aliphatic rings. The number of ether oxygens (including phenoxy) is 2. The van der Waals surface area contributed by atoms with E-state index in [1.807, 2.05) is 37.4 Å². The van der Waals surface area contributed by atoms with Crippen LogP contribution in [0.1, 0.15) is 11.1 Å². The smallest absolute Gasteiger partial charge is 0.353 e. The van der Waals surface area contributed by atoms with Gasteiger partial charge in [0.15, 0.2) is 0 Å². The molecule has 9 nitrogen and oxygen atoms in total. The molecule has 4 aromatic rings. The van der Waals surface area contributed by atoms with E-state index in [2.05, 4.69) is 50.6 Å². The number of rotatable bonds is 6. The lowest BCUT2D eigenvalue weighted by atomic mass is 9.98. The second kappa shape index (κ2) is 9.95. The molecule has 10 heteroatoms. The van der Waals surface area contributed by atoms with Gasteiger partial charge >= 0.3 is 16.5 Å². The van der Waals surface area contributed by atoms with E-state index < -0.39 is 0 Å². The van der Waals surface area contributed by atoms with Crippen molar-refractivity contribution in [1.29, 1.82) is 5.26 Å². The first kappa shape index (κ1) is 24.9. The van der Waals surface area contributed by atoms with Gasteiger partial charge in [-0.25, -0.2) is 5.10 Å². The predicted octanol–water partition coefficient (Wildman–Crippen LogP) is 3.13. The number of benzene rings is 2. The lowest BCUT2D eigenvalue weighted by Gasteiger charge is -2.38. The highest BCUT2D eigenvalue weighted by atomic mass is 27.1. The maximum atomic E-state index is 12.8. The molecular weight excluding hydrogens is 483 g/mol. The molecule has 37 heavy (non-hydrogen) atoms. The number of fused-ring (bicyclic) bond motifs is 2. The van der Waals surface area contributed by atoms with Crippen molar-refractivity contribution in [2.45, 2.75) is 6.92 Å². The van der Waals surface area contributed by atoms with E-state index in [9.17, 15) is 10.1 Å². The summed E-state index contributed by atoms with van der Waals surface area (Å²) < 4.78 is 14.5. The van der Waals surface area contributed by atoms with Crippen LogP contribution in [-0.4, -0.2) is 70.3 Å². The Morgan fingerprint density at radius 1 is 1.08 bits per heavy atom. The Labute approximate surface area is 223 Å². The van der Waals surface area contributed by atoms with Gasteiger partial charge in [-0.1, -0.05) is 0 Å². The maximum Gasteiger partial charge on any atom is 0.353 e. The number of methoxy groups -OCH3 is 1. The first-order valence-electron chi connectivity index (χ1n) is 12.0. The van der Waals surface area contributed by atoms with Crippen LogP contribution in [0.4, 0.5) is 17.1 Å². The van der Waals surface area contributed by atoms with E-state index in [1.165, 1.54) is 0 Å². The molecule has 0 spiro atoms. The molecule has 0 unspecified atom stereocenters. The van der Waals surface area contributed by atoms with Crippen molar-refractivity contribution >= 4 is 44.5 Å². The number of hydrogen-bond donors (Lipinski definition) is 0. The van der Waals surface area contributed by atoms with Crippen LogP contribution in [0.3, 0.4) is 0 Å². The molecule has 1 aliphatic heterocycles. The average molecular weight is 511 g/mol. The van der Waals surface area contributed by atoms with Crippen LogP contribution in [0.25, 0.3) is 22.0 Å². The molecule has 3 heterocycles. The van der Waals surface area contributed by atoms with Crippen molar-refractivity contribution in [1.82, 2.24) is 13.3 Å². The second-order valence-electron chi connectivity index (χ2n) is 9.19. The van der Waals surface area contributed by atoms with Crippen LogP contribution >= 0.6 is 0 Å². The highest BCUT2D eigenvalue weighted by Gasteiger charge is 2.26. The molecule has 0 N–H and O–H groups in total. The fourth-order valence-electron chi connectivity index (χ4n) is 4.87. The normalized spacial score (nSPS) is 13.1. The molecule has 2 radical (unpaired) electrons. The molecule has 0 bridgehead atoms. The zero-order chi connectivity index (χ0) is 26.3. The van der Waals surface area contributed by atoms with E-state index >= 15 is 0 Å². The first-order valence-corrected chi connectivity index (χ1v) is 12.5. The van der Waals surface area contributed by atoms with Crippen LogP contribution in [0.15, 0.2) is 47.5 Å². The molecule has 2 aromatic carbocycles. The van der Waals surface area contributed by atoms with Gasteiger partial charge in [-0.15, -0.1) is 0 Å². The monoisotopic (exact) mass is 510 g/mol. The average Bonchev–Trinajstić information content (AvgIpc) is 3.33. The molecule has 0 saturated heterocycles. The second-order valence-corrected chi connectivity index (χ2v) is 9.72. The number of nitrogens with zero attached hydrogens (tertiary/aromatic N) is 6. The maximum absolute atomic E-state index is 12.8. The molecule has 0 aliphatic carbocycles. The first-order chi connectivity index (χ1) is 17.8. The van der Waals surface area contributed by atoms with E-state index in [1.54, 1.807) is 28.6 Å². The SMILES string of the molecule is COCCOc1cc(N2CCN(C)c3cc(-c4cn[n]([Al])c4)c(C#N)cc32)c2cc(C)c(=O)n(C)c2c1. The molecule has 5 rings (SSSR count). The largest absolute Gasteiger partial charge is 0.491 e. The van der Waals surface area contributed by atoms with Crippen LogP contribution in [0, 0.1) is 18.3 Å². The third kappa shape index (κ3) is 4.47.